The van der Waals surface area contributed by atoms with E-state index in [0.29, 0.717) is 16.4 Å². The zero-order valence-electron chi connectivity index (χ0n) is 8.42. The maximum atomic E-state index is 6.12. The lowest BCUT2D eigenvalue weighted by Gasteiger charge is -2.26. The Morgan fingerprint density at radius 2 is 2.27 bits per heavy atom. The molecule has 1 N–H and O–H groups in total. The number of hydrogen-bond donors (Lipinski definition) is 1. The van der Waals surface area contributed by atoms with E-state index in [0.717, 1.165) is 25.1 Å². The van der Waals surface area contributed by atoms with Crippen molar-refractivity contribution in [3.05, 3.63) is 23.4 Å². The minimum Gasteiger partial charge on any atom is -0.366 e. The van der Waals surface area contributed by atoms with Gasteiger partial charge in [-0.2, -0.15) is 0 Å². The van der Waals surface area contributed by atoms with Crippen LogP contribution < -0.4 is 5.32 Å². The molecule has 2 atom stereocenters. The van der Waals surface area contributed by atoms with E-state index >= 15 is 0 Å². The number of pyridine rings is 1. The molecular formula is C11H14Cl2N2. The van der Waals surface area contributed by atoms with E-state index < -0.39 is 0 Å². The van der Waals surface area contributed by atoms with Gasteiger partial charge in [-0.05, 0) is 37.8 Å². The summed E-state index contributed by atoms with van der Waals surface area (Å²) < 4.78 is 0. The van der Waals surface area contributed by atoms with Gasteiger partial charge >= 0.3 is 0 Å². The van der Waals surface area contributed by atoms with Gasteiger partial charge in [-0.3, -0.25) is 0 Å². The number of nitrogens with zero attached hydrogens (tertiary/aromatic N) is 1. The highest BCUT2D eigenvalue weighted by Crippen LogP contribution is 2.27. The first kappa shape index (κ1) is 11.0. The van der Waals surface area contributed by atoms with Gasteiger partial charge in [-0.15, -0.1) is 11.6 Å². The standard InChI is InChI=1S/C11H14Cl2N2/c12-8-3-1-4-9(7-8)15-11-10(13)5-2-6-14-11/h2,5-6,8-9H,1,3-4,7H2,(H,14,15). The first-order valence-electron chi connectivity index (χ1n) is 5.27. The Kier molecular flexibility index (Phi) is 3.71. The van der Waals surface area contributed by atoms with Crippen LogP contribution in [0.5, 0.6) is 0 Å². The SMILES string of the molecule is Clc1cccnc1NC1CCCC(Cl)C1. The van der Waals surface area contributed by atoms with Crippen LogP contribution >= 0.6 is 23.2 Å². The van der Waals surface area contributed by atoms with E-state index in [1.807, 2.05) is 12.1 Å². The molecular weight excluding hydrogens is 231 g/mol. The highest BCUT2D eigenvalue weighted by atomic mass is 35.5. The first-order valence-corrected chi connectivity index (χ1v) is 6.08. The van der Waals surface area contributed by atoms with E-state index in [2.05, 4.69) is 10.3 Å². The summed E-state index contributed by atoms with van der Waals surface area (Å²) in [6.07, 6.45) is 6.19. The molecule has 1 heterocycles. The molecule has 82 valence electrons. The summed E-state index contributed by atoms with van der Waals surface area (Å²) in [6, 6.07) is 4.09. The van der Waals surface area contributed by atoms with Gasteiger partial charge in [0.1, 0.15) is 5.82 Å². The van der Waals surface area contributed by atoms with Crippen molar-refractivity contribution in [2.45, 2.75) is 37.1 Å². The Bertz CT molecular complexity index is 330. The molecule has 0 saturated heterocycles. The van der Waals surface area contributed by atoms with Crippen LogP contribution in [0.3, 0.4) is 0 Å². The summed E-state index contributed by atoms with van der Waals surface area (Å²) in [5, 5.41) is 4.32. The topological polar surface area (TPSA) is 24.9 Å². The minimum atomic E-state index is 0.290. The molecule has 15 heavy (non-hydrogen) atoms. The summed E-state index contributed by atoms with van der Waals surface area (Å²) in [7, 11) is 0. The summed E-state index contributed by atoms with van der Waals surface area (Å²) in [5.74, 6) is 0.773. The van der Waals surface area contributed by atoms with Crippen LogP contribution in [0.2, 0.25) is 5.02 Å². The molecule has 0 aromatic carbocycles. The van der Waals surface area contributed by atoms with Crippen molar-refractivity contribution in [3.8, 4) is 0 Å². The highest BCUT2D eigenvalue weighted by molar-refractivity contribution is 6.32. The second kappa shape index (κ2) is 5.04. The number of nitrogens with one attached hydrogen (secondary N) is 1. The number of halogens is 2. The van der Waals surface area contributed by atoms with Crippen molar-refractivity contribution in [2.24, 2.45) is 0 Å². The van der Waals surface area contributed by atoms with Crippen LogP contribution in [-0.4, -0.2) is 16.4 Å². The molecule has 1 saturated carbocycles. The number of hydrogen-bond acceptors (Lipinski definition) is 2. The Balaban J connectivity index is 1.99. The molecule has 1 aromatic rings. The third kappa shape index (κ3) is 2.99. The average molecular weight is 245 g/mol. The van der Waals surface area contributed by atoms with Crippen LogP contribution in [0, 0.1) is 0 Å². The largest absolute Gasteiger partial charge is 0.366 e. The predicted molar refractivity (Wildman–Crippen MR) is 64.8 cm³/mol. The van der Waals surface area contributed by atoms with Crippen LogP contribution in [0.1, 0.15) is 25.7 Å². The molecule has 1 fully saturated rings. The maximum absolute atomic E-state index is 6.12. The molecule has 2 unspecified atom stereocenters. The van der Waals surface area contributed by atoms with E-state index in [1.54, 1.807) is 6.20 Å². The first-order chi connectivity index (χ1) is 7.25. The lowest BCUT2D eigenvalue weighted by molar-refractivity contribution is 0.468. The summed E-state index contributed by atoms with van der Waals surface area (Å²) in [5.41, 5.74) is 0. The second-order valence-electron chi connectivity index (χ2n) is 3.94. The molecule has 1 aromatic heterocycles. The molecule has 0 bridgehead atoms. The third-order valence-electron chi connectivity index (χ3n) is 2.71. The minimum absolute atomic E-state index is 0.290. The smallest absolute Gasteiger partial charge is 0.144 e. The lowest BCUT2D eigenvalue weighted by atomic mass is 9.95. The second-order valence-corrected chi connectivity index (χ2v) is 4.96. The molecule has 4 heteroatoms. The van der Waals surface area contributed by atoms with E-state index in [4.69, 9.17) is 23.2 Å². The van der Waals surface area contributed by atoms with Gasteiger partial charge in [0.05, 0.1) is 5.02 Å². The zero-order chi connectivity index (χ0) is 10.7. The average Bonchev–Trinajstić information content (AvgIpc) is 2.22. The quantitative estimate of drug-likeness (QED) is 0.803. The van der Waals surface area contributed by atoms with Crippen LogP contribution in [0.4, 0.5) is 5.82 Å². The molecule has 0 amide bonds. The van der Waals surface area contributed by atoms with Gasteiger partial charge < -0.3 is 5.32 Å². The normalized spacial score (nSPS) is 26.3. The van der Waals surface area contributed by atoms with Crippen molar-refractivity contribution in [1.29, 1.82) is 0 Å². The number of alkyl halides is 1. The third-order valence-corrected chi connectivity index (χ3v) is 3.41. The monoisotopic (exact) mass is 244 g/mol. The van der Waals surface area contributed by atoms with Gasteiger partial charge in [-0.25, -0.2) is 4.98 Å². The summed E-state index contributed by atoms with van der Waals surface area (Å²) in [6.45, 7) is 0. The van der Waals surface area contributed by atoms with Gasteiger partial charge in [-0.1, -0.05) is 11.6 Å². The Labute approximate surface area is 100.0 Å². The number of aromatic nitrogens is 1. The summed E-state index contributed by atoms with van der Waals surface area (Å²) in [4.78, 5) is 4.21. The van der Waals surface area contributed by atoms with Gasteiger partial charge in [0.15, 0.2) is 0 Å². The molecule has 1 aliphatic carbocycles. The molecule has 2 rings (SSSR count). The van der Waals surface area contributed by atoms with Crippen molar-refractivity contribution < 1.29 is 0 Å². The van der Waals surface area contributed by atoms with Gasteiger partial charge in [0.25, 0.3) is 0 Å². The molecule has 0 aliphatic heterocycles. The lowest BCUT2D eigenvalue weighted by Crippen LogP contribution is -2.28. The van der Waals surface area contributed by atoms with Crippen molar-refractivity contribution in [3.63, 3.8) is 0 Å². The zero-order valence-corrected chi connectivity index (χ0v) is 9.93. The molecule has 0 radical (unpaired) electrons. The van der Waals surface area contributed by atoms with E-state index in [1.165, 1.54) is 6.42 Å². The predicted octanol–water partition coefficient (Wildman–Crippen LogP) is 3.70. The fraction of sp³-hybridized carbons (Fsp3) is 0.545. The summed E-state index contributed by atoms with van der Waals surface area (Å²) >= 11 is 12.1. The van der Waals surface area contributed by atoms with Crippen LogP contribution in [0.25, 0.3) is 0 Å². The van der Waals surface area contributed by atoms with E-state index in [-0.39, 0.29) is 0 Å². The highest BCUT2D eigenvalue weighted by Gasteiger charge is 2.20. The fourth-order valence-electron chi connectivity index (χ4n) is 1.95. The van der Waals surface area contributed by atoms with Gasteiger partial charge in [0, 0.05) is 17.6 Å². The number of anilines is 1. The van der Waals surface area contributed by atoms with E-state index in [9.17, 15) is 0 Å². The molecule has 0 spiro atoms. The van der Waals surface area contributed by atoms with Crippen LogP contribution in [0.15, 0.2) is 18.3 Å². The van der Waals surface area contributed by atoms with Crippen molar-refractivity contribution >= 4 is 29.0 Å². The maximum Gasteiger partial charge on any atom is 0.144 e. The Morgan fingerprint density at radius 1 is 1.40 bits per heavy atom. The number of rotatable bonds is 2. The van der Waals surface area contributed by atoms with Crippen LogP contribution in [-0.2, 0) is 0 Å². The fourth-order valence-corrected chi connectivity index (χ4v) is 2.49. The Morgan fingerprint density at radius 3 is 3.00 bits per heavy atom. The van der Waals surface area contributed by atoms with Gasteiger partial charge in [0.2, 0.25) is 0 Å². The van der Waals surface area contributed by atoms with Crippen molar-refractivity contribution in [1.82, 2.24) is 4.98 Å². The van der Waals surface area contributed by atoms with Crippen molar-refractivity contribution in [2.75, 3.05) is 5.32 Å². The molecule has 2 nitrogen and oxygen atoms in total. The molecule has 1 aliphatic rings. The Hall–Kier alpha value is -0.470.